The third-order valence-electron chi connectivity index (χ3n) is 2.48. The molecule has 0 aliphatic carbocycles. The number of hydroxylamine groups is 1. The van der Waals surface area contributed by atoms with E-state index in [2.05, 4.69) is 22.6 Å². The Morgan fingerprint density at radius 1 is 1.47 bits per heavy atom. The molecular formula is C12H14N2O. The molecule has 0 atom stereocenters. The number of rotatable bonds is 3. The molecule has 3 heteroatoms. The zero-order chi connectivity index (χ0) is 10.7. The molecule has 0 unspecified atom stereocenters. The van der Waals surface area contributed by atoms with Crippen molar-refractivity contribution in [2.24, 2.45) is 0 Å². The Morgan fingerprint density at radius 2 is 2.27 bits per heavy atom. The Bertz CT molecular complexity index is 485. The lowest BCUT2D eigenvalue weighted by Gasteiger charge is -1.97. The van der Waals surface area contributed by atoms with Crippen molar-refractivity contribution in [3.8, 4) is 0 Å². The van der Waals surface area contributed by atoms with Crippen LogP contribution in [0, 0.1) is 0 Å². The van der Waals surface area contributed by atoms with E-state index < -0.39 is 0 Å². The van der Waals surface area contributed by atoms with Crippen molar-refractivity contribution in [2.45, 2.75) is 13.3 Å². The fourth-order valence-electron chi connectivity index (χ4n) is 1.61. The van der Waals surface area contributed by atoms with E-state index in [1.807, 2.05) is 31.3 Å². The van der Waals surface area contributed by atoms with E-state index in [0.717, 1.165) is 17.6 Å². The minimum Gasteiger partial charge on any atom is -0.361 e. The number of H-pyrrole nitrogens is 1. The average molecular weight is 202 g/mol. The lowest BCUT2D eigenvalue weighted by atomic mass is 10.1. The summed E-state index contributed by atoms with van der Waals surface area (Å²) < 4.78 is 0. The first-order valence-corrected chi connectivity index (χ1v) is 4.93. The summed E-state index contributed by atoms with van der Waals surface area (Å²) in [5, 5.41) is 9.89. The van der Waals surface area contributed by atoms with Gasteiger partial charge in [-0.1, -0.05) is 24.3 Å². The summed E-state index contributed by atoms with van der Waals surface area (Å²) in [5.74, 6) is 0. The van der Waals surface area contributed by atoms with Gasteiger partial charge >= 0.3 is 0 Å². The molecule has 3 N–H and O–H groups in total. The molecule has 0 spiro atoms. The van der Waals surface area contributed by atoms with E-state index >= 15 is 0 Å². The van der Waals surface area contributed by atoms with Crippen LogP contribution in [-0.2, 0) is 6.42 Å². The van der Waals surface area contributed by atoms with Crippen molar-refractivity contribution < 1.29 is 5.21 Å². The summed E-state index contributed by atoms with van der Waals surface area (Å²) in [7, 11) is 0. The standard InChI is InChI=1S/C12H14N2O/c1-9(14-15)6-7-10-8-13-12-5-3-2-4-11(10)12/h2-6,8,13-15H,7H2,1H3/b9-6-. The number of benzene rings is 1. The second-order valence-electron chi connectivity index (χ2n) is 3.56. The predicted molar refractivity (Wildman–Crippen MR) is 60.7 cm³/mol. The third-order valence-corrected chi connectivity index (χ3v) is 2.48. The molecule has 3 nitrogen and oxygen atoms in total. The van der Waals surface area contributed by atoms with E-state index in [4.69, 9.17) is 5.21 Å². The highest BCUT2D eigenvalue weighted by atomic mass is 16.5. The molecule has 0 fully saturated rings. The molecule has 1 aromatic heterocycles. The van der Waals surface area contributed by atoms with E-state index in [-0.39, 0.29) is 0 Å². The fraction of sp³-hybridized carbons (Fsp3) is 0.167. The number of fused-ring (bicyclic) bond motifs is 1. The summed E-state index contributed by atoms with van der Waals surface area (Å²) in [6, 6.07) is 8.19. The molecule has 2 rings (SSSR count). The van der Waals surface area contributed by atoms with Gasteiger partial charge in [0.1, 0.15) is 0 Å². The number of nitrogens with one attached hydrogen (secondary N) is 2. The minimum absolute atomic E-state index is 0.764. The molecule has 1 aromatic carbocycles. The van der Waals surface area contributed by atoms with Gasteiger partial charge in [0.2, 0.25) is 0 Å². The SMILES string of the molecule is C/C(=C/Cc1c[nH]c2ccccc12)NO. The first-order valence-electron chi connectivity index (χ1n) is 4.93. The van der Waals surface area contributed by atoms with Crippen LogP contribution in [0.4, 0.5) is 0 Å². The van der Waals surface area contributed by atoms with Crippen LogP contribution in [0.3, 0.4) is 0 Å². The topological polar surface area (TPSA) is 48.0 Å². The van der Waals surface area contributed by atoms with Gasteiger partial charge in [-0.25, -0.2) is 0 Å². The molecular weight excluding hydrogens is 188 g/mol. The van der Waals surface area contributed by atoms with Crippen LogP contribution in [0.1, 0.15) is 12.5 Å². The third kappa shape index (κ3) is 2.02. The summed E-state index contributed by atoms with van der Waals surface area (Å²) in [5.41, 5.74) is 5.28. The van der Waals surface area contributed by atoms with E-state index in [1.54, 1.807) is 0 Å². The normalized spacial score (nSPS) is 12.0. The van der Waals surface area contributed by atoms with Crippen molar-refractivity contribution in [3.63, 3.8) is 0 Å². The van der Waals surface area contributed by atoms with Crippen LogP contribution in [0.2, 0.25) is 0 Å². The Labute approximate surface area is 88.4 Å². The highest BCUT2D eigenvalue weighted by Crippen LogP contribution is 2.18. The van der Waals surface area contributed by atoms with E-state index in [1.165, 1.54) is 10.9 Å². The van der Waals surface area contributed by atoms with Gasteiger partial charge in [-0.05, 0) is 25.0 Å². The van der Waals surface area contributed by atoms with Crippen molar-refractivity contribution in [1.82, 2.24) is 10.5 Å². The second kappa shape index (κ2) is 4.19. The first-order chi connectivity index (χ1) is 7.31. The monoisotopic (exact) mass is 202 g/mol. The summed E-state index contributed by atoms with van der Waals surface area (Å²) in [4.78, 5) is 3.22. The highest BCUT2D eigenvalue weighted by molar-refractivity contribution is 5.83. The molecule has 78 valence electrons. The molecule has 2 aromatic rings. The van der Waals surface area contributed by atoms with Gasteiger partial charge < -0.3 is 4.98 Å². The van der Waals surface area contributed by atoms with Crippen molar-refractivity contribution in [3.05, 3.63) is 47.8 Å². The summed E-state index contributed by atoms with van der Waals surface area (Å²) in [6.07, 6.45) is 4.77. The highest BCUT2D eigenvalue weighted by Gasteiger charge is 2.00. The summed E-state index contributed by atoms with van der Waals surface area (Å²) in [6.45, 7) is 1.83. The first kappa shape index (κ1) is 9.80. The zero-order valence-electron chi connectivity index (χ0n) is 8.62. The maximum atomic E-state index is 8.65. The van der Waals surface area contributed by atoms with E-state index in [0.29, 0.717) is 0 Å². The van der Waals surface area contributed by atoms with Crippen LogP contribution in [0.25, 0.3) is 10.9 Å². The Morgan fingerprint density at radius 3 is 3.07 bits per heavy atom. The number of allylic oxidation sites excluding steroid dienone is 2. The second-order valence-corrected chi connectivity index (χ2v) is 3.56. The van der Waals surface area contributed by atoms with E-state index in [9.17, 15) is 0 Å². The Balaban J connectivity index is 2.29. The molecule has 0 amide bonds. The maximum absolute atomic E-state index is 8.65. The van der Waals surface area contributed by atoms with Crippen LogP contribution >= 0.6 is 0 Å². The predicted octanol–water partition coefficient (Wildman–Crippen LogP) is 2.59. The quantitative estimate of drug-likeness (QED) is 0.670. The molecule has 0 radical (unpaired) electrons. The smallest absolute Gasteiger partial charge is 0.0456 e. The van der Waals surface area contributed by atoms with Crippen LogP contribution in [-0.4, -0.2) is 10.2 Å². The van der Waals surface area contributed by atoms with Gasteiger partial charge in [0, 0.05) is 22.8 Å². The molecule has 0 aliphatic heterocycles. The number of para-hydroxylation sites is 1. The van der Waals surface area contributed by atoms with Gasteiger partial charge in [0.25, 0.3) is 0 Å². The molecule has 0 aliphatic rings. The van der Waals surface area contributed by atoms with Gasteiger partial charge in [-0.3, -0.25) is 10.7 Å². The van der Waals surface area contributed by atoms with Crippen molar-refractivity contribution in [2.75, 3.05) is 0 Å². The lowest BCUT2D eigenvalue weighted by molar-refractivity contribution is 0.200. The average Bonchev–Trinajstić information content (AvgIpc) is 2.69. The minimum atomic E-state index is 0.764. The summed E-state index contributed by atoms with van der Waals surface area (Å²) >= 11 is 0. The Hall–Kier alpha value is -1.74. The molecule has 0 saturated carbocycles. The van der Waals surface area contributed by atoms with Crippen LogP contribution in [0.15, 0.2) is 42.2 Å². The zero-order valence-corrected chi connectivity index (χ0v) is 8.62. The molecule has 15 heavy (non-hydrogen) atoms. The number of hydrogen-bond donors (Lipinski definition) is 3. The van der Waals surface area contributed by atoms with Crippen molar-refractivity contribution in [1.29, 1.82) is 0 Å². The van der Waals surface area contributed by atoms with Gasteiger partial charge in [-0.15, -0.1) is 0 Å². The van der Waals surface area contributed by atoms with Gasteiger partial charge in [0.05, 0.1) is 0 Å². The lowest BCUT2D eigenvalue weighted by Crippen LogP contribution is -2.02. The van der Waals surface area contributed by atoms with Gasteiger partial charge in [0.15, 0.2) is 0 Å². The number of aromatic amines is 1. The largest absolute Gasteiger partial charge is 0.361 e. The number of aromatic nitrogens is 1. The van der Waals surface area contributed by atoms with Gasteiger partial charge in [-0.2, -0.15) is 0 Å². The molecule has 0 bridgehead atoms. The Kier molecular flexibility index (Phi) is 2.74. The molecule has 0 saturated heterocycles. The van der Waals surface area contributed by atoms with Crippen molar-refractivity contribution >= 4 is 10.9 Å². The fourth-order valence-corrected chi connectivity index (χ4v) is 1.61. The van der Waals surface area contributed by atoms with Crippen LogP contribution in [0.5, 0.6) is 0 Å². The molecule has 1 heterocycles. The maximum Gasteiger partial charge on any atom is 0.0456 e. The number of hydrogen-bond acceptors (Lipinski definition) is 2. The van der Waals surface area contributed by atoms with Crippen LogP contribution < -0.4 is 5.48 Å².